The van der Waals surface area contributed by atoms with Gasteiger partial charge in [-0.25, -0.2) is 4.98 Å². The van der Waals surface area contributed by atoms with Crippen molar-refractivity contribution in [1.29, 1.82) is 0 Å². The monoisotopic (exact) mass is 171 g/mol. The van der Waals surface area contributed by atoms with Crippen LogP contribution in [-0.2, 0) is 4.79 Å². The molecule has 0 saturated carbocycles. The van der Waals surface area contributed by atoms with Crippen molar-refractivity contribution < 1.29 is 19.4 Å². The van der Waals surface area contributed by atoms with Crippen molar-refractivity contribution in [2.45, 2.75) is 18.9 Å². The van der Waals surface area contributed by atoms with Crippen molar-refractivity contribution in [3.8, 4) is 0 Å². The van der Waals surface area contributed by atoms with Crippen molar-refractivity contribution in [3.05, 3.63) is 18.4 Å². The molecule has 0 spiro atoms. The second-order valence-electron chi connectivity index (χ2n) is 2.32. The molecule has 1 rings (SSSR count). The molecule has 0 fully saturated rings. The Hall–Kier alpha value is -1.36. The summed E-state index contributed by atoms with van der Waals surface area (Å²) in [6.07, 6.45) is 1.84. The summed E-state index contributed by atoms with van der Waals surface area (Å²) >= 11 is 0. The number of carboxylic acids is 1. The molecule has 1 aromatic rings. The molecule has 1 aromatic heterocycles. The van der Waals surface area contributed by atoms with Gasteiger partial charge in [-0.05, 0) is 6.42 Å². The van der Waals surface area contributed by atoms with Crippen molar-refractivity contribution in [1.82, 2.24) is 4.98 Å². The van der Waals surface area contributed by atoms with Gasteiger partial charge in [-0.1, -0.05) is 0 Å². The molecule has 1 heterocycles. The van der Waals surface area contributed by atoms with E-state index >= 15 is 0 Å². The lowest BCUT2D eigenvalue weighted by Gasteiger charge is -2.02. The number of carboxylic acid groups (broad SMARTS) is 1. The fourth-order valence-electron chi connectivity index (χ4n) is 0.783. The van der Waals surface area contributed by atoms with Gasteiger partial charge < -0.3 is 14.6 Å². The first-order chi connectivity index (χ1) is 5.70. The van der Waals surface area contributed by atoms with Crippen LogP contribution in [0, 0.1) is 0 Å². The minimum atomic E-state index is -0.944. The maximum atomic E-state index is 10.1. The van der Waals surface area contributed by atoms with Gasteiger partial charge in [0.05, 0.1) is 6.20 Å². The molecule has 66 valence electrons. The normalized spacial score (nSPS) is 12.8. The summed E-state index contributed by atoms with van der Waals surface area (Å²) in [5, 5.41) is 17.5. The molecule has 0 amide bonds. The molecule has 0 aliphatic carbocycles. The highest BCUT2D eigenvalue weighted by molar-refractivity contribution is 5.66. The Bertz CT molecular complexity index is 244. The van der Waals surface area contributed by atoms with Gasteiger partial charge in [0.2, 0.25) is 5.89 Å². The molecule has 0 aliphatic rings. The molecule has 5 heteroatoms. The molecule has 0 saturated heterocycles. The second kappa shape index (κ2) is 3.87. The topological polar surface area (TPSA) is 83.6 Å². The third-order valence-corrected chi connectivity index (χ3v) is 1.37. The van der Waals surface area contributed by atoms with Crippen LogP contribution in [-0.4, -0.2) is 21.2 Å². The van der Waals surface area contributed by atoms with E-state index in [4.69, 9.17) is 9.52 Å². The van der Waals surface area contributed by atoms with Gasteiger partial charge in [-0.2, -0.15) is 0 Å². The van der Waals surface area contributed by atoms with Crippen LogP contribution in [0.1, 0.15) is 24.8 Å². The third-order valence-electron chi connectivity index (χ3n) is 1.37. The highest BCUT2D eigenvalue weighted by Gasteiger charge is 2.13. The van der Waals surface area contributed by atoms with Crippen molar-refractivity contribution in [2.75, 3.05) is 0 Å². The number of aliphatic hydroxyl groups is 1. The Kier molecular flexibility index (Phi) is 2.82. The van der Waals surface area contributed by atoms with Crippen molar-refractivity contribution in [3.63, 3.8) is 0 Å². The average Bonchev–Trinajstić information content (AvgIpc) is 2.51. The number of oxazole rings is 1. The van der Waals surface area contributed by atoms with Crippen LogP contribution >= 0.6 is 0 Å². The van der Waals surface area contributed by atoms with Gasteiger partial charge in [0.25, 0.3) is 0 Å². The highest BCUT2D eigenvalue weighted by atomic mass is 16.4. The molecule has 1 atom stereocenters. The molecule has 0 radical (unpaired) electrons. The first-order valence-electron chi connectivity index (χ1n) is 3.49. The molecule has 0 bridgehead atoms. The van der Waals surface area contributed by atoms with Crippen LogP contribution in [0.25, 0.3) is 0 Å². The Morgan fingerprint density at radius 1 is 1.75 bits per heavy atom. The van der Waals surface area contributed by atoms with Crippen LogP contribution in [0.3, 0.4) is 0 Å². The van der Waals surface area contributed by atoms with E-state index in [0.29, 0.717) is 0 Å². The van der Waals surface area contributed by atoms with E-state index in [1.807, 2.05) is 0 Å². The smallest absolute Gasteiger partial charge is 0.303 e. The quantitative estimate of drug-likeness (QED) is 0.692. The van der Waals surface area contributed by atoms with E-state index in [0.717, 1.165) is 0 Å². The van der Waals surface area contributed by atoms with E-state index < -0.39 is 12.1 Å². The Balaban J connectivity index is 2.39. The summed E-state index contributed by atoms with van der Waals surface area (Å²) in [6.45, 7) is 0. The third kappa shape index (κ3) is 2.35. The lowest BCUT2D eigenvalue weighted by Crippen LogP contribution is -2.02. The van der Waals surface area contributed by atoms with E-state index in [2.05, 4.69) is 4.98 Å². The van der Waals surface area contributed by atoms with Crippen LogP contribution in [0.5, 0.6) is 0 Å². The number of hydrogen-bond donors (Lipinski definition) is 2. The lowest BCUT2D eigenvalue weighted by molar-refractivity contribution is -0.137. The predicted molar refractivity (Wildman–Crippen MR) is 38.3 cm³/mol. The molecule has 1 unspecified atom stereocenters. The molecular weight excluding hydrogens is 162 g/mol. The van der Waals surface area contributed by atoms with Crippen molar-refractivity contribution >= 4 is 5.97 Å². The fraction of sp³-hybridized carbons (Fsp3) is 0.429. The molecule has 0 aromatic carbocycles. The van der Waals surface area contributed by atoms with Crippen LogP contribution in [0.2, 0.25) is 0 Å². The predicted octanol–water partition coefficient (Wildman–Crippen LogP) is 0.573. The molecule has 0 aliphatic heterocycles. The van der Waals surface area contributed by atoms with E-state index in [-0.39, 0.29) is 18.7 Å². The summed E-state index contributed by atoms with van der Waals surface area (Å²) in [4.78, 5) is 13.8. The number of hydrogen-bond acceptors (Lipinski definition) is 4. The number of aromatic nitrogens is 1. The van der Waals surface area contributed by atoms with Crippen LogP contribution < -0.4 is 0 Å². The van der Waals surface area contributed by atoms with Gasteiger partial charge >= 0.3 is 5.97 Å². The minimum absolute atomic E-state index is 0.0937. The van der Waals surface area contributed by atoms with E-state index in [1.54, 1.807) is 0 Å². The van der Waals surface area contributed by atoms with Crippen molar-refractivity contribution in [2.24, 2.45) is 0 Å². The van der Waals surface area contributed by atoms with E-state index in [1.165, 1.54) is 12.5 Å². The summed E-state index contributed by atoms with van der Waals surface area (Å²) in [7, 11) is 0. The lowest BCUT2D eigenvalue weighted by atomic mass is 10.2. The zero-order valence-electron chi connectivity index (χ0n) is 6.30. The van der Waals surface area contributed by atoms with Gasteiger partial charge in [0, 0.05) is 6.42 Å². The molecule has 5 nitrogen and oxygen atoms in total. The zero-order chi connectivity index (χ0) is 8.97. The zero-order valence-corrected chi connectivity index (χ0v) is 6.30. The summed E-state index contributed by atoms with van der Waals surface area (Å²) in [6, 6.07) is 0. The Labute approximate surface area is 68.7 Å². The summed E-state index contributed by atoms with van der Waals surface area (Å²) < 4.78 is 4.77. The number of carbonyl (C=O) groups is 1. The highest BCUT2D eigenvalue weighted by Crippen LogP contribution is 2.15. The number of aliphatic carboxylic acids is 1. The van der Waals surface area contributed by atoms with Crippen LogP contribution in [0.4, 0.5) is 0 Å². The van der Waals surface area contributed by atoms with E-state index in [9.17, 15) is 9.90 Å². The fourth-order valence-corrected chi connectivity index (χ4v) is 0.783. The standard InChI is InChI=1S/C7H9NO4/c9-5(1-2-6(10)11)7-8-3-4-12-7/h3-5,9H,1-2H2,(H,10,11). The van der Waals surface area contributed by atoms with Crippen LogP contribution in [0.15, 0.2) is 16.9 Å². The maximum Gasteiger partial charge on any atom is 0.303 e. The Morgan fingerprint density at radius 2 is 2.50 bits per heavy atom. The minimum Gasteiger partial charge on any atom is -0.481 e. The maximum absolute atomic E-state index is 10.1. The second-order valence-corrected chi connectivity index (χ2v) is 2.32. The van der Waals surface area contributed by atoms with Gasteiger partial charge in [0.15, 0.2) is 0 Å². The van der Waals surface area contributed by atoms with Gasteiger partial charge in [0.1, 0.15) is 12.4 Å². The van der Waals surface area contributed by atoms with Gasteiger partial charge in [-0.3, -0.25) is 4.79 Å². The average molecular weight is 171 g/mol. The molecular formula is C7H9NO4. The first kappa shape index (κ1) is 8.73. The largest absolute Gasteiger partial charge is 0.481 e. The first-order valence-corrected chi connectivity index (χ1v) is 3.49. The number of rotatable bonds is 4. The SMILES string of the molecule is O=C(O)CCC(O)c1ncco1. The summed E-state index contributed by atoms with van der Waals surface area (Å²) in [5.74, 6) is -0.781. The Morgan fingerprint density at radius 3 is 3.00 bits per heavy atom. The van der Waals surface area contributed by atoms with Gasteiger partial charge in [-0.15, -0.1) is 0 Å². The summed E-state index contributed by atoms with van der Waals surface area (Å²) in [5.41, 5.74) is 0. The molecule has 2 N–H and O–H groups in total. The molecule has 12 heavy (non-hydrogen) atoms. The number of aliphatic hydroxyl groups excluding tert-OH is 1. The number of nitrogens with zero attached hydrogens (tertiary/aromatic N) is 1.